The van der Waals surface area contributed by atoms with E-state index in [9.17, 15) is 4.79 Å². The van der Waals surface area contributed by atoms with Crippen LogP contribution < -0.4 is 20.4 Å². The molecule has 25 heavy (non-hydrogen) atoms. The Morgan fingerprint density at radius 3 is 2.76 bits per heavy atom. The van der Waals surface area contributed by atoms with E-state index in [1.54, 1.807) is 0 Å². The minimum atomic E-state index is -0.162. The van der Waals surface area contributed by atoms with E-state index in [1.165, 1.54) is 12.8 Å². The molecule has 3 aliphatic rings. The fraction of sp³-hybridized carbons (Fsp3) is 0.722. The van der Waals surface area contributed by atoms with E-state index in [0.29, 0.717) is 12.6 Å². The van der Waals surface area contributed by atoms with Crippen LogP contribution in [0, 0.1) is 0 Å². The van der Waals surface area contributed by atoms with Crippen LogP contribution in [-0.2, 0) is 11.2 Å². The molecule has 1 saturated carbocycles. The highest BCUT2D eigenvalue weighted by atomic mass is 16.2. The summed E-state index contributed by atoms with van der Waals surface area (Å²) in [5, 5.41) is 6.45. The largest absolute Gasteiger partial charge is 0.353 e. The summed E-state index contributed by atoms with van der Waals surface area (Å²) in [6.45, 7) is 6.54. The van der Waals surface area contributed by atoms with Crippen molar-refractivity contribution in [3.63, 3.8) is 0 Å². The molecule has 3 heterocycles. The smallest absolute Gasteiger partial charge is 0.239 e. The fourth-order valence-corrected chi connectivity index (χ4v) is 3.53. The van der Waals surface area contributed by atoms with Gasteiger partial charge in [0, 0.05) is 50.5 Å². The van der Waals surface area contributed by atoms with Crippen molar-refractivity contribution in [1.29, 1.82) is 0 Å². The highest BCUT2D eigenvalue weighted by molar-refractivity contribution is 5.83. The number of hydrogen-bond donors (Lipinski definition) is 2. The molecule has 1 amide bonds. The first-order valence-electron chi connectivity index (χ1n) is 9.64. The summed E-state index contributed by atoms with van der Waals surface area (Å²) in [5.41, 5.74) is 1.07. The Bertz CT molecular complexity index is 626. The minimum absolute atomic E-state index is 0.122. The zero-order valence-corrected chi connectivity index (χ0v) is 15.0. The molecule has 3 fully saturated rings. The number of carbonyl (C=O) groups is 1. The Morgan fingerprint density at radius 2 is 2.04 bits per heavy atom. The molecule has 0 spiro atoms. The number of piperazine rings is 1. The fourth-order valence-electron chi connectivity index (χ4n) is 3.53. The molecule has 0 radical (unpaired) electrons. The van der Waals surface area contributed by atoms with Crippen LogP contribution in [0.25, 0.3) is 0 Å². The topological polar surface area (TPSA) is 73.4 Å². The van der Waals surface area contributed by atoms with E-state index in [0.717, 1.165) is 62.9 Å². The van der Waals surface area contributed by atoms with Crippen molar-refractivity contribution >= 4 is 17.7 Å². The average molecular weight is 344 g/mol. The summed E-state index contributed by atoms with van der Waals surface area (Å²) in [7, 11) is 0. The van der Waals surface area contributed by atoms with E-state index < -0.39 is 0 Å². The van der Waals surface area contributed by atoms with Crippen LogP contribution in [0.5, 0.6) is 0 Å². The Labute approximate surface area is 149 Å². The quantitative estimate of drug-likeness (QED) is 0.819. The number of rotatable bonds is 5. The van der Waals surface area contributed by atoms with Crippen molar-refractivity contribution in [3.8, 4) is 0 Å². The van der Waals surface area contributed by atoms with Gasteiger partial charge in [-0.05, 0) is 32.1 Å². The zero-order valence-electron chi connectivity index (χ0n) is 15.0. The lowest BCUT2D eigenvalue weighted by atomic mass is 10.2. The monoisotopic (exact) mass is 344 g/mol. The van der Waals surface area contributed by atoms with Crippen molar-refractivity contribution in [2.75, 3.05) is 42.5 Å². The summed E-state index contributed by atoms with van der Waals surface area (Å²) in [6.07, 6.45) is 5.56. The lowest BCUT2D eigenvalue weighted by molar-refractivity contribution is -0.123. The Kier molecular flexibility index (Phi) is 4.74. The van der Waals surface area contributed by atoms with Gasteiger partial charge in [-0.25, -0.2) is 4.98 Å². The number of amides is 1. The Balaban J connectivity index is 1.50. The normalized spacial score (nSPS) is 23.8. The molecule has 1 aromatic rings. The number of nitrogens with one attached hydrogen (secondary N) is 2. The van der Waals surface area contributed by atoms with Crippen molar-refractivity contribution in [2.45, 2.75) is 51.1 Å². The third kappa shape index (κ3) is 3.86. The van der Waals surface area contributed by atoms with Crippen molar-refractivity contribution < 1.29 is 4.79 Å². The van der Waals surface area contributed by atoms with Gasteiger partial charge >= 0.3 is 0 Å². The number of nitrogens with zero attached hydrogens (tertiary/aromatic N) is 4. The van der Waals surface area contributed by atoms with Crippen LogP contribution in [0.15, 0.2) is 6.07 Å². The molecule has 136 valence electrons. The maximum atomic E-state index is 12.4. The van der Waals surface area contributed by atoms with Crippen molar-refractivity contribution in [2.24, 2.45) is 0 Å². The van der Waals surface area contributed by atoms with Crippen molar-refractivity contribution in [1.82, 2.24) is 20.6 Å². The van der Waals surface area contributed by atoms with Gasteiger partial charge in [-0.3, -0.25) is 4.79 Å². The second-order valence-electron chi connectivity index (χ2n) is 7.30. The first-order valence-corrected chi connectivity index (χ1v) is 9.64. The third-order valence-corrected chi connectivity index (χ3v) is 5.24. The Hall–Kier alpha value is -1.89. The molecular weight excluding hydrogens is 316 g/mol. The van der Waals surface area contributed by atoms with E-state index >= 15 is 0 Å². The SMILES string of the molecule is CCc1cc(N2CCNC(C(=O)NC3CC3)C2)nc(N2CCCC2)n1. The molecule has 0 aromatic carbocycles. The minimum Gasteiger partial charge on any atom is -0.353 e. The average Bonchev–Trinajstić information content (AvgIpc) is 3.30. The van der Waals surface area contributed by atoms with Crippen molar-refractivity contribution in [3.05, 3.63) is 11.8 Å². The van der Waals surface area contributed by atoms with E-state index in [4.69, 9.17) is 9.97 Å². The molecule has 1 atom stereocenters. The van der Waals surface area contributed by atoms with Crippen LogP contribution in [0.1, 0.15) is 38.3 Å². The van der Waals surface area contributed by atoms with Gasteiger partial charge in [-0.2, -0.15) is 4.98 Å². The third-order valence-electron chi connectivity index (χ3n) is 5.24. The molecule has 2 aliphatic heterocycles. The van der Waals surface area contributed by atoms with E-state index in [2.05, 4.69) is 33.4 Å². The lowest BCUT2D eigenvalue weighted by Crippen LogP contribution is -2.57. The number of carbonyl (C=O) groups excluding carboxylic acids is 1. The number of aryl methyl sites for hydroxylation is 1. The van der Waals surface area contributed by atoms with Crippen LogP contribution in [0.2, 0.25) is 0 Å². The van der Waals surface area contributed by atoms with Gasteiger partial charge in [0.25, 0.3) is 0 Å². The van der Waals surface area contributed by atoms with Crippen LogP contribution >= 0.6 is 0 Å². The number of aromatic nitrogens is 2. The van der Waals surface area contributed by atoms with Gasteiger partial charge in [0.2, 0.25) is 11.9 Å². The molecule has 0 bridgehead atoms. The highest BCUT2D eigenvalue weighted by Gasteiger charge is 2.31. The lowest BCUT2D eigenvalue weighted by Gasteiger charge is -2.34. The van der Waals surface area contributed by atoms with Gasteiger partial charge < -0.3 is 20.4 Å². The van der Waals surface area contributed by atoms with E-state index in [-0.39, 0.29) is 11.9 Å². The second kappa shape index (κ2) is 7.15. The molecule has 2 N–H and O–H groups in total. The highest BCUT2D eigenvalue weighted by Crippen LogP contribution is 2.23. The number of hydrogen-bond acceptors (Lipinski definition) is 6. The maximum Gasteiger partial charge on any atom is 0.239 e. The first-order chi connectivity index (χ1) is 12.2. The summed E-state index contributed by atoms with van der Waals surface area (Å²) in [5.74, 6) is 1.93. The summed E-state index contributed by atoms with van der Waals surface area (Å²) >= 11 is 0. The predicted molar refractivity (Wildman–Crippen MR) is 98.0 cm³/mol. The van der Waals surface area contributed by atoms with Gasteiger partial charge in [0.05, 0.1) is 0 Å². The van der Waals surface area contributed by atoms with Gasteiger partial charge in [0.15, 0.2) is 0 Å². The Morgan fingerprint density at radius 1 is 1.24 bits per heavy atom. The molecule has 1 aromatic heterocycles. The molecule has 1 aliphatic carbocycles. The first kappa shape index (κ1) is 16.6. The van der Waals surface area contributed by atoms with Crippen LogP contribution in [0.4, 0.5) is 11.8 Å². The van der Waals surface area contributed by atoms with Gasteiger partial charge in [-0.15, -0.1) is 0 Å². The zero-order chi connectivity index (χ0) is 17.2. The molecule has 7 heteroatoms. The van der Waals surface area contributed by atoms with Crippen LogP contribution in [-0.4, -0.2) is 60.7 Å². The molecule has 7 nitrogen and oxygen atoms in total. The summed E-state index contributed by atoms with van der Waals surface area (Å²) < 4.78 is 0. The molecular formula is C18H28N6O. The molecule has 4 rings (SSSR count). The molecule has 2 saturated heterocycles. The maximum absolute atomic E-state index is 12.4. The summed E-state index contributed by atoms with van der Waals surface area (Å²) in [4.78, 5) is 26.5. The predicted octanol–water partition coefficient (Wildman–Crippen LogP) is 0.696. The standard InChI is InChI=1S/C18H28N6O/c1-2-13-11-16(22-18(21-13)23-8-3-4-9-23)24-10-7-19-15(12-24)17(25)20-14-5-6-14/h11,14-15,19H,2-10,12H2,1H3,(H,20,25). The van der Waals surface area contributed by atoms with Crippen LogP contribution in [0.3, 0.4) is 0 Å². The number of anilines is 2. The molecule has 1 unspecified atom stereocenters. The van der Waals surface area contributed by atoms with Gasteiger partial charge in [0.1, 0.15) is 11.9 Å². The second-order valence-corrected chi connectivity index (χ2v) is 7.30. The van der Waals surface area contributed by atoms with E-state index in [1.807, 2.05) is 0 Å². The van der Waals surface area contributed by atoms with Gasteiger partial charge in [-0.1, -0.05) is 6.92 Å². The summed E-state index contributed by atoms with van der Waals surface area (Å²) in [6, 6.07) is 2.32.